The van der Waals surface area contributed by atoms with Crippen molar-refractivity contribution in [2.45, 2.75) is 38.3 Å². The van der Waals surface area contributed by atoms with Crippen molar-refractivity contribution in [1.29, 1.82) is 0 Å². The third-order valence-corrected chi connectivity index (χ3v) is 6.08. The summed E-state index contributed by atoms with van der Waals surface area (Å²) >= 11 is 12.1. The average molecular weight is 553 g/mol. The van der Waals surface area contributed by atoms with E-state index in [0.717, 1.165) is 71.0 Å². The van der Waals surface area contributed by atoms with Crippen LogP contribution in [0.15, 0.2) is 34.8 Å². The van der Waals surface area contributed by atoms with Crippen LogP contribution in [0.25, 0.3) is 0 Å². The first-order valence-corrected chi connectivity index (χ1v) is 10.8. The molecule has 2 N–H and O–H groups in total. The van der Waals surface area contributed by atoms with Crippen LogP contribution in [0.4, 0.5) is 0 Å². The predicted molar refractivity (Wildman–Crippen MR) is 133 cm³/mol. The Morgan fingerprint density at radius 1 is 1.24 bits per heavy atom. The fourth-order valence-electron chi connectivity index (χ4n) is 3.65. The molecule has 1 aromatic rings. The Morgan fingerprint density at radius 2 is 2.03 bits per heavy atom. The fourth-order valence-corrected chi connectivity index (χ4v) is 3.97. The number of ether oxygens (including phenoxy) is 1. The molecule has 0 aliphatic carbocycles. The number of likely N-dealkylation sites (tertiary alicyclic amines) is 1. The van der Waals surface area contributed by atoms with Crippen LogP contribution >= 0.6 is 47.2 Å². The van der Waals surface area contributed by atoms with E-state index in [9.17, 15) is 0 Å². The number of benzene rings is 1. The number of rotatable bonds is 6. The van der Waals surface area contributed by atoms with E-state index in [2.05, 4.69) is 32.7 Å². The van der Waals surface area contributed by atoms with E-state index in [-0.39, 0.29) is 24.0 Å². The van der Waals surface area contributed by atoms with Gasteiger partial charge in [0.05, 0.1) is 23.3 Å². The number of aliphatic imine (C=N–C) groups is 1. The van der Waals surface area contributed by atoms with Gasteiger partial charge in [0.1, 0.15) is 0 Å². The van der Waals surface area contributed by atoms with Gasteiger partial charge >= 0.3 is 0 Å². The van der Waals surface area contributed by atoms with Crippen molar-refractivity contribution in [3.05, 3.63) is 45.5 Å². The zero-order valence-electron chi connectivity index (χ0n) is 16.9. The molecule has 0 aromatic heterocycles. The zero-order chi connectivity index (χ0) is 19.8. The molecule has 1 saturated heterocycles. The fraction of sp³-hybridized carbons (Fsp3) is 0.571. The summed E-state index contributed by atoms with van der Waals surface area (Å²) < 4.78 is 5.36. The first-order chi connectivity index (χ1) is 13.6. The van der Waals surface area contributed by atoms with Crippen LogP contribution in [-0.4, -0.2) is 56.8 Å². The summed E-state index contributed by atoms with van der Waals surface area (Å²) in [6.07, 6.45) is 6.50. The molecular formula is C21H31Cl2IN4O. The molecule has 0 unspecified atom stereocenters. The summed E-state index contributed by atoms with van der Waals surface area (Å²) in [6, 6.07) is 6.35. The quantitative estimate of drug-likeness (QED) is 0.236. The largest absolute Gasteiger partial charge is 0.377 e. The highest BCUT2D eigenvalue weighted by molar-refractivity contribution is 14.0. The van der Waals surface area contributed by atoms with Gasteiger partial charge in [0.2, 0.25) is 0 Å². The molecule has 29 heavy (non-hydrogen) atoms. The van der Waals surface area contributed by atoms with Gasteiger partial charge in [-0.25, -0.2) is 0 Å². The first kappa shape index (κ1) is 24.7. The van der Waals surface area contributed by atoms with Crippen molar-refractivity contribution in [3.63, 3.8) is 0 Å². The van der Waals surface area contributed by atoms with Crippen LogP contribution in [0, 0.1) is 0 Å². The van der Waals surface area contributed by atoms with Gasteiger partial charge in [-0.3, -0.25) is 9.89 Å². The summed E-state index contributed by atoms with van der Waals surface area (Å²) in [5.74, 6) is 0.899. The lowest BCUT2D eigenvalue weighted by molar-refractivity contribution is 0.153. The van der Waals surface area contributed by atoms with Crippen LogP contribution in [-0.2, 0) is 11.3 Å². The number of piperidine rings is 1. The molecule has 0 spiro atoms. The summed E-state index contributed by atoms with van der Waals surface area (Å²) in [5, 5.41) is 8.26. The van der Waals surface area contributed by atoms with Crippen LogP contribution in [0.5, 0.6) is 0 Å². The summed E-state index contributed by atoms with van der Waals surface area (Å²) in [7, 11) is 1.84. The zero-order valence-corrected chi connectivity index (χ0v) is 20.8. The predicted octanol–water partition coefficient (Wildman–Crippen LogP) is 4.48. The highest BCUT2D eigenvalue weighted by Crippen LogP contribution is 2.24. The molecular weight excluding hydrogens is 522 g/mol. The Morgan fingerprint density at radius 3 is 2.69 bits per heavy atom. The molecule has 0 amide bonds. The molecule has 2 aliphatic heterocycles. The van der Waals surface area contributed by atoms with E-state index in [1.54, 1.807) is 0 Å². The van der Waals surface area contributed by atoms with Crippen molar-refractivity contribution in [1.82, 2.24) is 15.5 Å². The minimum Gasteiger partial charge on any atom is -0.377 e. The lowest BCUT2D eigenvalue weighted by atomic mass is 10.0. The Hall–Kier alpha value is -0.540. The van der Waals surface area contributed by atoms with E-state index >= 15 is 0 Å². The molecule has 3 rings (SSSR count). The Labute approximate surface area is 201 Å². The van der Waals surface area contributed by atoms with Gasteiger partial charge in [-0.2, -0.15) is 0 Å². The van der Waals surface area contributed by atoms with Gasteiger partial charge in [-0.15, -0.1) is 24.0 Å². The van der Waals surface area contributed by atoms with Gasteiger partial charge in [0.25, 0.3) is 0 Å². The van der Waals surface area contributed by atoms with Crippen LogP contribution in [0.1, 0.15) is 31.2 Å². The van der Waals surface area contributed by atoms with Crippen LogP contribution < -0.4 is 10.6 Å². The highest BCUT2D eigenvalue weighted by Gasteiger charge is 2.20. The molecule has 2 aliphatic rings. The van der Waals surface area contributed by atoms with E-state index in [4.69, 9.17) is 27.9 Å². The number of hydrogen-bond donors (Lipinski definition) is 2. The van der Waals surface area contributed by atoms with E-state index < -0.39 is 0 Å². The topological polar surface area (TPSA) is 48.9 Å². The van der Waals surface area contributed by atoms with Gasteiger partial charge in [0, 0.05) is 39.3 Å². The standard InChI is InChI=1S/C21H30Cl2N4O.HI/c1-24-21(25-9-4-16-7-12-28-13-8-16)26-18-5-10-27(11-6-18)15-17-2-3-19(22)20(23)14-17;/h2-3,7,14,18H,4-6,8-13,15H2,1H3,(H2,24,25,26);1H. The molecule has 162 valence electrons. The molecule has 1 aromatic carbocycles. The summed E-state index contributed by atoms with van der Waals surface area (Å²) in [4.78, 5) is 6.84. The lowest BCUT2D eigenvalue weighted by Crippen LogP contribution is -2.48. The van der Waals surface area contributed by atoms with Crippen molar-refractivity contribution in [2.24, 2.45) is 4.99 Å². The van der Waals surface area contributed by atoms with Crippen molar-refractivity contribution in [3.8, 4) is 0 Å². The second-order valence-corrected chi connectivity index (χ2v) is 8.19. The molecule has 5 nitrogen and oxygen atoms in total. The van der Waals surface area contributed by atoms with Crippen molar-refractivity contribution >= 4 is 53.1 Å². The van der Waals surface area contributed by atoms with Gasteiger partial charge < -0.3 is 15.4 Å². The van der Waals surface area contributed by atoms with E-state index in [1.807, 2.05) is 19.2 Å². The minimum absolute atomic E-state index is 0. The second kappa shape index (κ2) is 13.0. The van der Waals surface area contributed by atoms with E-state index in [0.29, 0.717) is 16.1 Å². The Balaban J connectivity index is 0.00000300. The number of nitrogens with one attached hydrogen (secondary N) is 2. The lowest BCUT2D eigenvalue weighted by Gasteiger charge is -2.33. The minimum atomic E-state index is 0. The van der Waals surface area contributed by atoms with Gasteiger partial charge in [-0.05, 0) is 43.4 Å². The molecule has 0 radical (unpaired) electrons. The third-order valence-electron chi connectivity index (χ3n) is 5.34. The molecule has 1 fully saturated rings. The first-order valence-electron chi connectivity index (χ1n) is 10.0. The molecule has 8 heteroatoms. The third kappa shape index (κ3) is 8.25. The number of hydrogen-bond acceptors (Lipinski definition) is 3. The van der Waals surface area contributed by atoms with Gasteiger partial charge in [0.15, 0.2) is 5.96 Å². The second-order valence-electron chi connectivity index (χ2n) is 7.38. The molecule has 0 bridgehead atoms. The summed E-state index contributed by atoms with van der Waals surface area (Å²) in [6.45, 7) is 5.53. The van der Waals surface area contributed by atoms with Gasteiger partial charge in [-0.1, -0.05) is 40.9 Å². The average Bonchev–Trinajstić information content (AvgIpc) is 2.72. The molecule has 0 saturated carbocycles. The number of guanidine groups is 1. The Bertz CT molecular complexity index is 706. The smallest absolute Gasteiger partial charge is 0.191 e. The van der Waals surface area contributed by atoms with Crippen LogP contribution in [0.2, 0.25) is 10.0 Å². The summed E-state index contributed by atoms with van der Waals surface area (Å²) in [5.41, 5.74) is 2.69. The van der Waals surface area contributed by atoms with Crippen molar-refractivity contribution in [2.75, 3.05) is 39.9 Å². The maximum Gasteiger partial charge on any atom is 0.191 e. The number of halogens is 3. The molecule has 2 heterocycles. The Kier molecular flexibility index (Phi) is 11.1. The number of nitrogens with zero attached hydrogens (tertiary/aromatic N) is 2. The normalized spacial score (nSPS) is 18.7. The molecule has 0 atom stereocenters. The maximum absolute atomic E-state index is 6.13. The van der Waals surface area contributed by atoms with Crippen LogP contribution in [0.3, 0.4) is 0 Å². The maximum atomic E-state index is 6.13. The monoisotopic (exact) mass is 552 g/mol. The van der Waals surface area contributed by atoms with Crippen molar-refractivity contribution < 1.29 is 4.74 Å². The SMILES string of the molecule is CN=C(NCCC1=CCOCC1)NC1CCN(Cc2ccc(Cl)c(Cl)c2)CC1.I. The van der Waals surface area contributed by atoms with E-state index in [1.165, 1.54) is 11.1 Å². The highest BCUT2D eigenvalue weighted by atomic mass is 127.